The molecular formula is C10H10N4O4S. The second kappa shape index (κ2) is 4.35. The highest BCUT2D eigenvalue weighted by Crippen LogP contribution is 2.27. The number of nitrogen functional groups attached to an aromatic ring is 1. The number of benzene rings is 1. The molecule has 0 bridgehead atoms. The van der Waals surface area contributed by atoms with Gasteiger partial charge in [0.05, 0.1) is 11.1 Å². The molecule has 0 aliphatic carbocycles. The third-order valence-electron chi connectivity index (χ3n) is 2.48. The molecule has 0 atom stereocenters. The van der Waals surface area contributed by atoms with Gasteiger partial charge < -0.3 is 5.73 Å². The minimum Gasteiger partial charge on any atom is -0.382 e. The standard InChI is InChI=1S/C10H10N4O4S/c1-19(17,18)9-6-12-13(10(9)11)7-4-2-3-5-8(7)14(15)16/h2-6H,11H2,1H3. The van der Waals surface area contributed by atoms with Crippen LogP contribution in [-0.2, 0) is 9.84 Å². The monoisotopic (exact) mass is 282 g/mol. The lowest BCUT2D eigenvalue weighted by molar-refractivity contribution is -0.384. The normalized spacial score (nSPS) is 11.4. The molecule has 100 valence electrons. The van der Waals surface area contributed by atoms with Crippen molar-refractivity contribution in [3.05, 3.63) is 40.6 Å². The van der Waals surface area contributed by atoms with Crippen molar-refractivity contribution < 1.29 is 13.3 Å². The van der Waals surface area contributed by atoms with Crippen molar-refractivity contribution in [2.75, 3.05) is 12.0 Å². The molecule has 0 saturated carbocycles. The fourth-order valence-electron chi connectivity index (χ4n) is 1.62. The van der Waals surface area contributed by atoms with E-state index in [1.165, 1.54) is 18.2 Å². The molecule has 19 heavy (non-hydrogen) atoms. The number of nitro groups is 1. The maximum atomic E-state index is 11.4. The van der Waals surface area contributed by atoms with E-state index < -0.39 is 14.8 Å². The first-order chi connectivity index (χ1) is 8.82. The Morgan fingerprint density at radius 1 is 1.37 bits per heavy atom. The molecule has 2 rings (SSSR count). The molecule has 0 aliphatic heterocycles. The van der Waals surface area contributed by atoms with E-state index in [2.05, 4.69) is 5.10 Å². The van der Waals surface area contributed by atoms with Gasteiger partial charge >= 0.3 is 0 Å². The van der Waals surface area contributed by atoms with Crippen LogP contribution in [0, 0.1) is 10.1 Å². The van der Waals surface area contributed by atoms with Gasteiger partial charge in [0.2, 0.25) is 0 Å². The van der Waals surface area contributed by atoms with Gasteiger partial charge in [-0.1, -0.05) is 12.1 Å². The highest BCUT2D eigenvalue weighted by Gasteiger charge is 2.22. The quantitative estimate of drug-likeness (QED) is 0.655. The van der Waals surface area contributed by atoms with E-state index in [9.17, 15) is 18.5 Å². The van der Waals surface area contributed by atoms with E-state index in [0.29, 0.717) is 0 Å². The number of para-hydroxylation sites is 2. The molecule has 0 unspecified atom stereocenters. The SMILES string of the molecule is CS(=O)(=O)c1cnn(-c2ccccc2[N+](=O)[O-])c1N. The van der Waals surface area contributed by atoms with Crippen molar-refractivity contribution in [1.82, 2.24) is 9.78 Å². The van der Waals surface area contributed by atoms with Crippen LogP contribution in [0.1, 0.15) is 0 Å². The summed E-state index contributed by atoms with van der Waals surface area (Å²) in [4.78, 5) is 10.2. The molecule has 1 heterocycles. The van der Waals surface area contributed by atoms with Gasteiger partial charge in [-0.15, -0.1) is 0 Å². The van der Waals surface area contributed by atoms with Gasteiger partial charge in [0.1, 0.15) is 16.4 Å². The summed E-state index contributed by atoms with van der Waals surface area (Å²) >= 11 is 0. The van der Waals surface area contributed by atoms with Crippen LogP contribution in [0.15, 0.2) is 35.4 Å². The van der Waals surface area contributed by atoms with Crippen molar-refractivity contribution in [2.45, 2.75) is 4.90 Å². The summed E-state index contributed by atoms with van der Waals surface area (Å²) in [5, 5.41) is 14.7. The summed E-state index contributed by atoms with van der Waals surface area (Å²) in [5.74, 6) is -0.156. The molecule has 0 spiro atoms. The van der Waals surface area contributed by atoms with E-state index in [-0.39, 0.29) is 22.1 Å². The third-order valence-corrected chi connectivity index (χ3v) is 3.59. The van der Waals surface area contributed by atoms with Gasteiger partial charge in [-0.3, -0.25) is 10.1 Å². The summed E-state index contributed by atoms with van der Waals surface area (Å²) < 4.78 is 23.9. The van der Waals surface area contributed by atoms with Crippen molar-refractivity contribution in [2.24, 2.45) is 0 Å². The van der Waals surface area contributed by atoms with Crippen LogP contribution in [0.4, 0.5) is 11.5 Å². The number of nitrogens with zero attached hydrogens (tertiary/aromatic N) is 3. The molecule has 1 aromatic heterocycles. The molecule has 2 aromatic rings. The van der Waals surface area contributed by atoms with Crippen LogP contribution in [0.5, 0.6) is 0 Å². The number of nitro benzene ring substituents is 1. The molecule has 2 N–H and O–H groups in total. The van der Waals surface area contributed by atoms with E-state index >= 15 is 0 Å². The number of nitrogens with two attached hydrogens (primary N) is 1. The Bertz CT molecular complexity index is 751. The molecular weight excluding hydrogens is 272 g/mol. The zero-order chi connectivity index (χ0) is 14.2. The number of rotatable bonds is 3. The van der Waals surface area contributed by atoms with E-state index in [1.54, 1.807) is 6.07 Å². The predicted molar refractivity (Wildman–Crippen MR) is 67.7 cm³/mol. The summed E-state index contributed by atoms with van der Waals surface area (Å²) in [7, 11) is -3.53. The van der Waals surface area contributed by atoms with Gasteiger partial charge in [-0.05, 0) is 6.07 Å². The van der Waals surface area contributed by atoms with Crippen LogP contribution < -0.4 is 5.73 Å². The van der Waals surface area contributed by atoms with Crippen LogP contribution >= 0.6 is 0 Å². The van der Waals surface area contributed by atoms with Crippen LogP contribution in [0.2, 0.25) is 0 Å². The highest BCUT2D eigenvalue weighted by atomic mass is 32.2. The zero-order valence-electron chi connectivity index (χ0n) is 9.85. The molecule has 0 radical (unpaired) electrons. The Morgan fingerprint density at radius 3 is 2.53 bits per heavy atom. The minimum absolute atomic E-state index is 0.111. The summed E-state index contributed by atoms with van der Waals surface area (Å²) in [6.45, 7) is 0. The lowest BCUT2D eigenvalue weighted by Gasteiger charge is -2.05. The topological polar surface area (TPSA) is 121 Å². The Labute approximate surface area is 108 Å². The molecule has 8 nitrogen and oxygen atoms in total. The largest absolute Gasteiger partial charge is 0.382 e. The average Bonchev–Trinajstić information content (AvgIpc) is 2.70. The van der Waals surface area contributed by atoms with Gasteiger partial charge in [0.25, 0.3) is 5.69 Å². The van der Waals surface area contributed by atoms with Crippen LogP contribution in [0.3, 0.4) is 0 Å². The van der Waals surface area contributed by atoms with Crippen LogP contribution in [0.25, 0.3) is 5.69 Å². The molecule has 0 aliphatic rings. The minimum atomic E-state index is -3.53. The summed E-state index contributed by atoms with van der Waals surface area (Å²) in [6.07, 6.45) is 2.06. The number of hydrogen-bond acceptors (Lipinski definition) is 6. The summed E-state index contributed by atoms with van der Waals surface area (Å²) in [6, 6.07) is 5.80. The molecule has 1 aromatic carbocycles. The zero-order valence-corrected chi connectivity index (χ0v) is 10.7. The molecule has 0 amide bonds. The smallest absolute Gasteiger partial charge is 0.294 e. The van der Waals surface area contributed by atoms with Crippen molar-refractivity contribution in [3.63, 3.8) is 0 Å². The first-order valence-electron chi connectivity index (χ1n) is 5.09. The molecule has 0 saturated heterocycles. The molecule has 9 heteroatoms. The van der Waals surface area contributed by atoms with E-state index in [1.807, 2.05) is 0 Å². The lowest BCUT2D eigenvalue weighted by atomic mass is 10.3. The number of sulfone groups is 1. The van der Waals surface area contributed by atoms with Crippen molar-refractivity contribution in [3.8, 4) is 5.69 Å². The number of anilines is 1. The Morgan fingerprint density at radius 2 is 2.00 bits per heavy atom. The number of aromatic nitrogens is 2. The Kier molecular flexibility index (Phi) is 2.98. The van der Waals surface area contributed by atoms with Gasteiger partial charge in [0.15, 0.2) is 9.84 Å². The van der Waals surface area contributed by atoms with Gasteiger partial charge in [-0.25, -0.2) is 13.1 Å². The Hall–Kier alpha value is -2.42. The van der Waals surface area contributed by atoms with E-state index in [0.717, 1.165) is 17.1 Å². The van der Waals surface area contributed by atoms with E-state index in [4.69, 9.17) is 5.73 Å². The number of hydrogen-bond donors (Lipinski definition) is 1. The highest BCUT2D eigenvalue weighted by molar-refractivity contribution is 7.90. The van der Waals surface area contributed by atoms with Crippen LogP contribution in [-0.4, -0.2) is 29.4 Å². The Balaban J connectivity index is 2.68. The first-order valence-corrected chi connectivity index (χ1v) is 6.99. The average molecular weight is 282 g/mol. The third kappa shape index (κ3) is 2.27. The second-order valence-electron chi connectivity index (χ2n) is 3.82. The summed E-state index contributed by atoms with van der Waals surface area (Å²) in [5.41, 5.74) is 5.59. The van der Waals surface area contributed by atoms with Crippen molar-refractivity contribution >= 4 is 21.3 Å². The maximum Gasteiger partial charge on any atom is 0.294 e. The fraction of sp³-hybridized carbons (Fsp3) is 0.100. The lowest BCUT2D eigenvalue weighted by Crippen LogP contribution is -2.07. The fourth-order valence-corrected chi connectivity index (χ4v) is 2.32. The first kappa shape index (κ1) is 13.0. The predicted octanol–water partition coefficient (Wildman–Crippen LogP) is 0.766. The van der Waals surface area contributed by atoms with Gasteiger partial charge in [-0.2, -0.15) is 5.10 Å². The van der Waals surface area contributed by atoms with Gasteiger partial charge in [0, 0.05) is 12.3 Å². The second-order valence-corrected chi connectivity index (χ2v) is 5.81. The maximum absolute atomic E-state index is 11.4. The molecule has 0 fully saturated rings. The van der Waals surface area contributed by atoms with Crippen molar-refractivity contribution in [1.29, 1.82) is 0 Å².